The standard InChI is InChI=1S/C7H17N3O/c8-2-1-7-11-10-5-3-9-4-6-10/h9H,1-8H2. The molecule has 1 fully saturated rings. The van der Waals surface area contributed by atoms with E-state index in [2.05, 4.69) is 5.32 Å². The second kappa shape index (κ2) is 5.49. The van der Waals surface area contributed by atoms with Gasteiger partial charge in [0.2, 0.25) is 0 Å². The Labute approximate surface area is 67.6 Å². The number of hydrogen-bond donors (Lipinski definition) is 2. The Hall–Kier alpha value is -0.160. The van der Waals surface area contributed by atoms with E-state index in [0.717, 1.165) is 39.2 Å². The molecule has 0 aromatic heterocycles. The van der Waals surface area contributed by atoms with Gasteiger partial charge < -0.3 is 11.1 Å². The van der Waals surface area contributed by atoms with Crippen molar-refractivity contribution in [1.82, 2.24) is 10.4 Å². The molecule has 0 atom stereocenters. The monoisotopic (exact) mass is 159 g/mol. The van der Waals surface area contributed by atoms with E-state index in [0.29, 0.717) is 6.54 Å². The Kier molecular flexibility index (Phi) is 4.45. The lowest BCUT2D eigenvalue weighted by Crippen LogP contribution is -2.43. The maximum absolute atomic E-state index is 5.44. The fourth-order valence-electron chi connectivity index (χ4n) is 1.05. The number of hydrogen-bond acceptors (Lipinski definition) is 4. The minimum absolute atomic E-state index is 0.714. The van der Waals surface area contributed by atoms with Crippen molar-refractivity contribution in [2.45, 2.75) is 6.42 Å². The fraction of sp³-hybridized carbons (Fsp3) is 1.00. The highest BCUT2D eigenvalue weighted by atomic mass is 16.7. The van der Waals surface area contributed by atoms with Gasteiger partial charge in [0.15, 0.2) is 0 Å². The smallest absolute Gasteiger partial charge is 0.0697 e. The molecule has 1 heterocycles. The molecule has 1 rings (SSSR count). The van der Waals surface area contributed by atoms with E-state index in [9.17, 15) is 0 Å². The van der Waals surface area contributed by atoms with Gasteiger partial charge >= 0.3 is 0 Å². The van der Waals surface area contributed by atoms with Gasteiger partial charge in [0, 0.05) is 26.2 Å². The van der Waals surface area contributed by atoms with Crippen molar-refractivity contribution >= 4 is 0 Å². The van der Waals surface area contributed by atoms with Gasteiger partial charge in [-0.25, -0.2) is 0 Å². The zero-order valence-electron chi connectivity index (χ0n) is 6.88. The van der Waals surface area contributed by atoms with Crippen molar-refractivity contribution in [3.05, 3.63) is 0 Å². The normalized spacial score (nSPS) is 20.5. The van der Waals surface area contributed by atoms with Gasteiger partial charge in [-0.05, 0) is 13.0 Å². The van der Waals surface area contributed by atoms with Crippen molar-refractivity contribution in [3.8, 4) is 0 Å². The van der Waals surface area contributed by atoms with Gasteiger partial charge in [-0.3, -0.25) is 4.84 Å². The number of rotatable bonds is 4. The molecular weight excluding hydrogens is 142 g/mol. The summed E-state index contributed by atoms with van der Waals surface area (Å²) >= 11 is 0. The second-order valence-electron chi connectivity index (χ2n) is 2.65. The van der Waals surface area contributed by atoms with Crippen molar-refractivity contribution in [2.24, 2.45) is 5.73 Å². The highest BCUT2D eigenvalue weighted by molar-refractivity contribution is 4.59. The molecule has 4 nitrogen and oxygen atoms in total. The quantitative estimate of drug-likeness (QED) is 0.526. The Morgan fingerprint density at radius 3 is 2.73 bits per heavy atom. The van der Waals surface area contributed by atoms with Crippen LogP contribution in [0, 0.1) is 0 Å². The van der Waals surface area contributed by atoms with Crippen molar-refractivity contribution in [2.75, 3.05) is 39.3 Å². The number of piperazine rings is 1. The van der Waals surface area contributed by atoms with E-state index >= 15 is 0 Å². The van der Waals surface area contributed by atoms with Gasteiger partial charge in [0.1, 0.15) is 0 Å². The summed E-state index contributed by atoms with van der Waals surface area (Å²) in [5.41, 5.74) is 5.33. The summed E-state index contributed by atoms with van der Waals surface area (Å²) in [5.74, 6) is 0. The topological polar surface area (TPSA) is 50.5 Å². The van der Waals surface area contributed by atoms with Crippen molar-refractivity contribution in [3.63, 3.8) is 0 Å². The summed E-state index contributed by atoms with van der Waals surface area (Å²) in [7, 11) is 0. The maximum Gasteiger partial charge on any atom is 0.0697 e. The van der Waals surface area contributed by atoms with Crippen LogP contribution in [-0.2, 0) is 4.84 Å². The van der Waals surface area contributed by atoms with Crippen LogP contribution in [-0.4, -0.2) is 44.4 Å². The summed E-state index contributed by atoms with van der Waals surface area (Å²) in [6.07, 6.45) is 0.948. The molecule has 0 saturated carbocycles. The second-order valence-corrected chi connectivity index (χ2v) is 2.65. The first-order chi connectivity index (χ1) is 5.43. The van der Waals surface area contributed by atoms with Crippen molar-refractivity contribution in [1.29, 1.82) is 0 Å². The van der Waals surface area contributed by atoms with E-state index in [-0.39, 0.29) is 0 Å². The molecule has 0 aliphatic carbocycles. The summed E-state index contributed by atoms with van der Waals surface area (Å²) in [5, 5.41) is 5.26. The molecule has 66 valence electrons. The minimum atomic E-state index is 0.714. The van der Waals surface area contributed by atoms with E-state index in [1.807, 2.05) is 5.06 Å². The summed E-state index contributed by atoms with van der Waals surface area (Å²) in [6, 6.07) is 0. The van der Waals surface area contributed by atoms with Crippen LogP contribution < -0.4 is 11.1 Å². The van der Waals surface area contributed by atoms with E-state index in [4.69, 9.17) is 10.6 Å². The summed E-state index contributed by atoms with van der Waals surface area (Å²) in [6.45, 7) is 5.52. The lowest BCUT2D eigenvalue weighted by atomic mass is 10.4. The molecule has 0 spiro atoms. The van der Waals surface area contributed by atoms with Gasteiger partial charge in [0.05, 0.1) is 6.61 Å². The molecular formula is C7H17N3O. The minimum Gasteiger partial charge on any atom is -0.330 e. The Balaban J connectivity index is 1.96. The van der Waals surface area contributed by atoms with E-state index in [1.165, 1.54) is 0 Å². The molecule has 0 radical (unpaired) electrons. The first-order valence-corrected chi connectivity index (χ1v) is 4.22. The summed E-state index contributed by atoms with van der Waals surface area (Å²) in [4.78, 5) is 5.44. The van der Waals surface area contributed by atoms with Crippen LogP contribution in [0.2, 0.25) is 0 Å². The lowest BCUT2D eigenvalue weighted by Gasteiger charge is -2.26. The Morgan fingerprint density at radius 1 is 1.36 bits per heavy atom. The van der Waals surface area contributed by atoms with Gasteiger partial charge in [0.25, 0.3) is 0 Å². The van der Waals surface area contributed by atoms with Crippen molar-refractivity contribution < 1.29 is 4.84 Å². The van der Waals surface area contributed by atoms with Crippen LogP contribution in [0.15, 0.2) is 0 Å². The predicted molar refractivity (Wildman–Crippen MR) is 44.1 cm³/mol. The molecule has 0 aromatic rings. The number of nitrogens with one attached hydrogen (secondary N) is 1. The van der Waals surface area contributed by atoms with E-state index < -0.39 is 0 Å². The molecule has 1 saturated heterocycles. The van der Waals surface area contributed by atoms with Crippen LogP contribution in [0.3, 0.4) is 0 Å². The van der Waals surface area contributed by atoms with Gasteiger partial charge in [-0.1, -0.05) is 0 Å². The third-order valence-corrected chi connectivity index (χ3v) is 1.70. The Bertz CT molecular complexity index is 93.7. The molecule has 1 aliphatic heterocycles. The van der Waals surface area contributed by atoms with Crippen LogP contribution >= 0.6 is 0 Å². The number of nitrogens with two attached hydrogens (primary N) is 1. The molecule has 4 heteroatoms. The van der Waals surface area contributed by atoms with Crippen LogP contribution in [0.5, 0.6) is 0 Å². The maximum atomic E-state index is 5.44. The SMILES string of the molecule is NCCCON1CCNCC1. The van der Waals surface area contributed by atoms with Crippen LogP contribution in [0.25, 0.3) is 0 Å². The number of nitrogens with zero attached hydrogens (tertiary/aromatic N) is 1. The molecule has 3 N–H and O–H groups in total. The van der Waals surface area contributed by atoms with E-state index in [1.54, 1.807) is 0 Å². The van der Waals surface area contributed by atoms with Crippen LogP contribution in [0.4, 0.5) is 0 Å². The molecule has 0 bridgehead atoms. The highest BCUT2D eigenvalue weighted by Gasteiger charge is 2.08. The van der Waals surface area contributed by atoms with Crippen LogP contribution in [0.1, 0.15) is 6.42 Å². The zero-order valence-corrected chi connectivity index (χ0v) is 6.88. The lowest BCUT2D eigenvalue weighted by molar-refractivity contribution is -0.164. The zero-order chi connectivity index (χ0) is 7.94. The highest BCUT2D eigenvalue weighted by Crippen LogP contribution is 1.93. The third kappa shape index (κ3) is 3.67. The van der Waals surface area contributed by atoms with Gasteiger partial charge in [-0.2, -0.15) is 5.06 Å². The van der Waals surface area contributed by atoms with Gasteiger partial charge in [-0.15, -0.1) is 0 Å². The largest absolute Gasteiger partial charge is 0.330 e. The average Bonchev–Trinajstić information content (AvgIpc) is 2.07. The molecule has 0 aromatic carbocycles. The molecule has 11 heavy (non-hydrogen) atoms. The summed E-state index contributed by atoms with van der Waals surface area (Å²) < 4.78 is 0. The average molecular weight is 159 g/mol. The first kappa shape index (κ1) is 8.93. The first-order valence-electron chi connectivity index (χ1n) is 4.22. The third-order valence-electron chi connectivity index (χ3n) is 1.70. The fourth-order valence-corrected chi connectivity index (χ4v) is 1.05. The molecule has 1 aliphatic rings. The number of hydroxylamine groups is 2. The molecule has 0 unspecified atom stereocenters. The predicted octanol–water partition coefficient (Wildman–Crippen LogP) is -0.828. The molecule has 0 amide bonds. The Morgan fingerprint density at radius 2 is 2.09 bits per heavy atom.